The number of methoxy groups -OCH3 is 1. The Bertz CT molecular complexity index is 593. The van der Waals surface area contributed by atoms with Crippen molar-refractivity contribution in [2.24, 2.45) is 0 Å². The van der Waals surface area contributed by atoms with Crippen molar-refractivity contribution >= 4 is 11.6 Å². The van der Waals surface area contributed by atoms with Crippen LogP contribution in [0.4, 0.5) is 4.39 Å². The minimum Gasteiger partial charge on any atom is -0.439 e. The third-order valence-electron chi connectivity index (χ3n) is 2.34. The molecule has 0 saturated carbocycles. The molecular formula is C13H12ClFN2O2. The van der Waals surface area contributed by atoms with Gasteiger partial charge in [0.15, 0.2) is 5.82 Å². The molecule has 19 heavy (non-hydrogen) atoms. The van der Waals surface area contributed by atoms with Gasteiger partial charge in [-0.3, -0.25) is 0 Å². The summed E-state index contributed by atoms with van der Waals surface area (Å²) < 4.78 is 23.5. The van der Waals surface area contributed by atoms with Crippen molar-refractivity contribution in [3.8, 4) is 11.6 Å². The van der Waals surface area contributed by atoms with Gasteiger partial charge < -0.3 is 9.47 Å². The zero-order chi connectivity index (χ0) is 13.8. The van der Waals surface area contributed by atoms with Crippen LogP contribution >= 0.6 is 11.6 Å². The number of nitrogens with zero attached hydrogens (tertiary/aromatic N) is 2. The Morgan fingerprint density at radius 2 is 2.05 bits per heavy atom. The summed E-state index contributed by atoms with van der Waals surface area (Å²) in [6, 6.07) is 5.73. The second-order valence-corrected chi connectivity index (χ2v) is 4.28. The summed E-state index contributed by atoms with van der Waals surface area (Å²) in [7, 11) is 1.54. The Balaban J connectivity index is 2.27. The zero-order valence-corrected chi connectivity index (χ0v) is 11.2. The van der Waals surface area contributed by atoms with Gasteiger partial charge in [-0.25, -0.2) is 9.37 Å². The summed E-state index contributed by atoms with van der Waals surface area (Å²) in [4.78, 5) is 8.14. The first-order valence-electron chi connectivity index (χ1n) is 5.55. The lowest BCUT2D eigenvalue weighted by Crippen LogP contribution is -1.99. The predicted octanol–water partition coefficient (Wildman–Crippen LogP) is 3.52. The summed E-state index contributed by atoms with van der Waals surface area (Å²) in [5.74, 6) is 0.914. The second-order valence-electron chi connectivity index (χ2n) is 3.89. The predicted molar refractivity (Wildman–Crippen MR) is 69.0 cm³/mol. The number of aromatic nitrogens is 2. The SMILES string of the molecule is COCc1nc(Cl)cc(Oc2ccc(F)cc2C)n1. The van der Waals surface area contributed by atoms with Gasteiger partial charge >= 0.3 is 0 Å². The molecule has 0 saturated heterocycles. The van der Waals surface area contributed by atoms with Gasteiger partial charge in [0.2, 0.25) is 5.88 Å². The lowest BCUT2D eigenvalue weighted by atomic mass is 10.2. The summed E-state index contributed by atoms with van der Waals surface area (Å²) >= 11 is 5.87. The summed E-state index contributed by atoms with van der Waals surface area (Å²) in [5, 5.41) is 0.261. The van der Waals surface area contributed by atoms with E-state index in [4.69, 9.17) is 21.1 Å². The fraction of sp³-hybridized carbons (Fsp3) is 0.231. The first-order valence-corrected chi connectivity index (χ1v) is 5.92. The molecule has 0 fully saturated rings. The fourth-order valence-corrected chi connectivity index (χ4v) is 1.72. The number of aryl methyl sites for hydroxylation is 1. The van der Waals surface area contributed by atoms with E-state index in [-0.39, 0.29) is 17.6 Å². The second kappa shape index (κ2) is 5.95. The van der Waals surface area contributed by atoms with Crippen LogP contribution in [-0.2, 0) is 11.3 Å². The summed E-state index contributed by atoms with van der Waals surface area (Å²) in [6.07, 6.45) is 0. The van der Waals surface area contributed by atoms with Gasteiger partial charge in [0.25, 0.3) is 0 Å². The van der Waals surface area contributed by atoms with Gasteiger partial charge in [-0.05, 0) is 30.7 Å². The number of rotatable bonds is 4. The molecule has 6 heteroatoms. The van der Waals surface area contributed by atoms with Crippen LogP contribution in [0.3, 0.4) is 0 Å². The minimum atomic E-state index is -0.314. The van der Waals surface area contributed by atoms with Crippen LogP contribution in [0.5, 0.6) is 11.6 Å². The first-order chi connectivity index (χ1) is 9.08. The third-order valence-corrected chi connectivity index (χ3v) is 2.54. The molecule has 0 aliphatic carbocycles. The third kappa shape index (κ3) is 3.62. The standard InChI is InChI=1S/C13H12ClFN2O2/c1-8-5-9(15)3-4-10(8)19-13-6-11(14)16-12(17-13)7-18-2/h3-6H,7H2,1-2H3. The van der Waals surface area contributed by atoms with E-state index in [0.29, 0.717) is 23.0 Å². The van der Waals surface area contributed by atoms with Crippen LogP contribution in [0.2, 0.25) is 5.15 Å². The highest BCUT2D eigenvalue weighted by Gasteiger charge is 2.07. The summed E-state index contributed by atoms with van der Waals surface area (Å²) in [6.45, 7) is 1.98. The smallest absolute Gasteiger partial charge is 0.224 e. The largest absolute Gasteiger partial charge is 0.439 e. The molecule has 2 rings (SSSR count). The average molecular weight is 283 g/mol. The van der Waals surface area contributed by atoms with Gasteiger partial charge in [0, 0.05) is 13.2 Å². The minimum absolute atomic E-state index is 0.235. The van der Waals surface area contributed by atoms with Gasteiger partial charge in [-0.15, -0.1) is 0 Å². The molecule has 0 unspecified atom stereocenters. The molecule has 2 aromatic rings. The van der Waals surface area contributed by atoms with E-state index in [1.165, 1.54) is 31.4 Å². The molecule has 0 aliphatic heterocycles. The molecular weight excluding hydrogens is 271 g/mol. The number of ether oxygens (including phenoxy) is 2. The molecule has 0 bridgehead atoms. The number of hydrogen-bond acceptors (Lipinski definition) is 4. The highest BCUT2D eigenvalue weighted by molar-refractivity contribution is 6.29. The van der Waals surface area contributed by atoms with Crippen molar-refractivity contribution in [1.29, 1.82) is 0 Å². The van der Waals surface area contributed by atoms with E-state index in [2.05, 4.69) is 9.97 Å². The van der Waals surface area contributed by atoms with E-state index in [0.717, 1.165) is 0 Å². The molecule has 1 heterocycles. The lowest BCUT2D eigenvalue weighted by Gasteiger charge is -2.09. The van der Waals surface area contributed by atoms with Gasteiger partial charge in [0.05, 0.1) is 0 Å². The highest BCUT2D eigenvalue weighted by Crippen LogP contribution is 2.25. The fourth-order valence-electron chi connectivity index (χ4n) is 1.53. The Morgan fingerprint density at radius 1 is 1.26 bits per heavy atom. The topological polar surface area (TPSA) is 44.2 Å². The van der Waals surface area contributed by atoms with Gasteiger partial charge in [0.1, 0.15) is 23.3 Å². The number of halogens is 2. The Hall–Kier alpha value is -1.72. The molecule has 100 valence electrons. The van der Waals surface area contributed by atoms with Gasteiger partial charge in [-0.2, -0.15) is 4.98 Å². The molecule has 1 aromatic heterocycles. The van der Waals surface area contributed by atoms with E-state index in [1.807, 2.05) is 0 Å². The average Bonchev–Trinajstić information content (AvgIpc) is 2.32. The zero-order valence-electron chi connectivity index (χ0n) is 10.5. The monoisotopic (exact) mass is 282 g/mol. The molecule has 0 spiro atoms. The quantitative estimate of drug-likeness (QED) is 0.805. The molecule has 0 radical (unpaired) electrons. The first kappa shape index (κ1) is 13.7. The Morgan fingerprint density at radius 3 is 2.74 bits per heavy atom. The van der Waals surface area contributed by atoms with E-state index >= 15 is 0 Å². The van der Waals surface area contributed by atoms with E-state index in [1.54, 1.807) is 6.92 Å². The van der Waals surface area contributed by atoms with Crippen LogP contribution in [0, 0.1) is 12.7 Å². The van der Waals surface area contributed by atoms with Crippen molar-refractivity contribution in [3.63, 3.8) is 0 Å². The van der Waals surface area contributed by atoms with Crippen molar-refractivity contribution < 1.29 is 13.9 Å². The Kier molecular flexibility index (Phi) is 4.29. The lowest BCUT2D eigenvalue weighted by molar-refractivity contribution is 0.177. The Labute approximate surface area is 115 Å². The van der Waals surface area contributed by atoms with E-state index < -0.39 is 0 Å². The van der Waals surface area contributed by atoms with Crippen LogP contribution < -0.4 is 4.74 Å². The molecule has 0 N–H and O–H groups in total. The van der Waals surface area contributed by atoms with Crippen molar-refractivity contribution in [1.82, 2.24) is 9.97 Å². The molecule has 0 amide bonds. The van der Waals surface area contributed by atoms with Gasteiger partial charge in [-0.1, -0.05) is 11.6 Å². The molecule has 4 nitrogen and oxygen atoms in total. The van der Waals surface area contributed by atoms with E-state index in [9.17, 15) is 4.39 Å². The maximum atomic E-state index is 13.0. The number of hydrogen-bond donors (Lipinski definition) is 0. The maximum Gasteiger partial charge on any atom is 0.224 e. The van der Waals surface area contributed by atoms with Crippen molar-refractivity contribution in [3.05, 3.63) is 46.6 Å². The molecule has 1 aromatic carbocycles. The van der Waals surface area contributed by atoms with Crippen LogP contribution in [-0.4, -0.2) is 17.1 Å². The van der Waals surface area contributed by atoms with Crippen molar-refractivity contribution in [2.45, 2.75) is 13.5 Å². The highest BCUT2D eigenvalue weighted by atomic mass is 35.5. The van der Waals surface area contributed by atoms with Crippen LogP contribution in [0.1, 0.15) is 11.4 Å². The maximum absolute atomic E-state index is 13.0. The van der Waals surface area contributed by atoms with Crippen LogP contribution in [0.25, 0.3) is 0 Å². The van der Waals surface area contributed by atoms with Crippen LogP contribution in [0.15, 0.2) is 24.3 Å². The van der Waals surface area contributed by atoms with Crippen molar-refractivity contribution in [2.75, 3.05) is 7.11 Å². The normalized spacial score (nSPS) is 10.5. The molecule has 0 aliphatic rings. The summed E-state index contributed by atoms with van der Waals surface area (Å²) in [5.41, 5.74) is 0.669. The number of benzene rings is 1. The molecule has 0 atom stereocenters.